The third-order valence-corrected chi connectivity index (χ3v) is 16.6. The Hall–Kier alpha value is -4.71. The molecule has 1 unspecified atom stereocenters. The van der Waals surface area contributed by atoms with E-state index in [-0.39, 0.29) is 43.4 Å². The quantitative estimate of drug-likeness (QED) is 0.0256. The van der Waals surface area contributed by atoms with Crippen LogP contribution in [0.1, 0.15) is 199 Å². The Bertz CT molecular complexity index is 2310. The number of amides is 1. The van der Waals surface area contributed by atoms with Crippen molar-refractivity contribution in [1.82, 2.24) is 14.2 Å². The van der Waals surface area contributed by atoms with E-state index in [0.29, 0.717) is 18.1 Å². The summed E-state index contributed by atoms with van der Waals surface area (Å²) in [6.45, 7) is 12.5. The van der Waals surface area contributed by atoms with Crippen molar-refractivity contribution in [2.75, 3.05) is 39.4 Å². The first-order valence-corrected chi connectivity index (χ1v) is 30.5. The molecular weight excluding hydrogens is 1000 g/mol. The van der Waals surface area contributed by atoms with Crippen LogP contribution < -0.4 is 20.5 Å². The van der Waals surface area contributed by atoms with E-state index in [1.54, 1.807) is 26.5 Å². The summed E-state index contributed by atoms with van der Waals surface area (Å²) >= 11 is 0. The maximum Gasteiger partial charge on any atom is 0.351 e. The highest BCUT2D eigenvalue weighted by Crippen LogP contribution is 2.51. The summed E-state index contributed by atoms with van der Waals surface area (Å²) < 4.78 is 50.1. The molecule has 1 amide bonds. The second-order valence-electron chi connectivity index (χ2n) is 21.2. The van der Waals surface area contributed by atoms with Gasteiger partial charge in [-0.2, -0.15) is 10.2 Å². The number of carbonyl (C=O) groups is 1. The largest absolute Gasteiger partial charge is 0.497 e. The first kappa shape index (κ1) is 64.1. The van der Waals surface area contributed by atoms with Gasteiger partial charge in [0, 0.05) is 31.8 Å². The lowest BCUT2D eigenvalue weighted by Crippen LogP contribution is -2.43. The Morgan fingerprint density at radius 3 is 1.64 bits per heavy atom. The van der Waals surface area contributed by atoms with E-state index in [1.807, 2.05) is 78.9 Å². The minimum Gasteiger partial charge on any atom is -0.497 e. The van der Waals surface area contributed by atoms with Crippen molar-refractivity contribution in [2.45, 2.75) is 219 Å². The number of aromatic nitrogens is 2. The number of hydrogen-bond acceptors (Lipinski definition) is 12. The minimum atomic E-state index is -1.83. The molecule has 0 bridgehead atoms. The highest BCUT2D eigenvalue weighted by molar-refractivity contribution is 7.44. The molecule has 4 aromatic rings. The third-order valence-electron chi connectivity index (χ3n) is 14.5. The van der Waals surface area contributed by atoms with E-state index in [4.69, 9.17) is 32.7 Å². The smallest absolute Gasteiger partial charge is 0.351 e. The maximum atomic E-state index is 14.1. The molecule has 5 atom stereocenters. The van der Waals surface area contributed by atoms with E-state index in [0.717, 1.165) is 36.0 Å². The number of anilines is 1. The van der Waals surface area contributed by atoms with Crippen LogP contribution in [0.4, 0.5) is 5.82 Å². The lowest BCUT2D eigenvalue weighted by molar-refractivity contribution is -0.114. The van der Waals surface area contributed by atoms with Gasteiger partial charge in [-0.05, 0) is 81.1 Å². The number of benzene rings is 3. The molecule has 1 aliphatic rings. The van der Waals surface area contributed by atoms with Gasteiger partial charge in [0.05, 0.1) is 39.9 Å². The fourth-order valence-electron chi connectivity index (χ4n) is 10.5. The number of nitrogens with one attached hydrogen (secondary N) is 1. The summed E-state index contributed by atoms with van der Waals surface area (Å²) in [6.07, 6.45) is 24.0. The molecule has 0 saturated carbocycles. The maximum absolute atomic E-state index is 14.1. The van der Waals surface area contributed by atoms with Crippen LogP contribution in [0.5, 0.6) is 11.5 Å². The van der Waals surface area contributed by atoms with Crippen molar-refractivity contribution in [1.29, 1.82) is 5.26 Å². The normalized spacial score (nSPS) is 16.9. The second-order valence-corrected chi connectivity index (χ2v) is 22.6. The first-order chi connectivity index (χ1) is 38.0. The summed E-state index contributed by atoms with van der Waals surface area (Å²) in [5.41, 5.74) is 0.694. The molecular formula is C63H94N5O9P. The number of rotatable bonds is 40. The Morgan fingerprint density at radius 1 is 0.705 bits per heavy atom. The summed E-state index contributed by atoms with van der Waals surface area (Å²) in [5, 5.41) is 12.3. The average Bonchev–Trinajstić information content (AvgIpc) is 3.94. The Labute approximate surface area is 469 Å². The van der Waals surface area contributed by atoms with Crippen LogP contribution in [0.3, 0.4) is 0 Å². The lowest BCUT2D eigenvalue weighted by atomic mass is 9.80. The number of nitriles is 1. The van der Waals surface area contributed by atoms with Gasteiger partial charge in [0.25, 0.3) is 8.53 Å². The SMILES string of the molecule is CCCCCCCCCCCCCCCCCCCCCCO[C@@H]1[C@H](OP(OCCC#N)N(C(C)C)C(C)C)[C@@H](COC(c2ccccc2)(c2ccc(OC)cc2)c2ccc(OC)cc2)O[C@H]1n1ccc(NC(C)=O)nc1=O. The van der Waals surface area contributed by atoms with Crippen LogP contribution >= 0.6 is 8.53 Å². The second kappa shape index (κ2) is 35.8. The molecule has 78 heavy (non-hydrogen) atoms. The highest BCUT2D eigenvalue weighted by atomic mass is 31.2. The summed E-state index contributed by atoms with van der Waals surface area (Å²) in [5.74, 6) is 1.17. The van der Waals surface area contributed by atoms with Crippen LogP contribution in [0.2, 0.25) is 0 Å². The van der Waals surface area contributed by atoms with Crippen LogP contribution in [0.25, 0.3) is 0 Å². The van der Waals surface area contributed by atoms with Gasteiger partial charge in [0.1, 0.15) is 41.2 Å². The number of carbonyl (C=O) groups excluding carboxylic acids is 1. The Morgan fingerprint density at radius 2 is 1.19 bits per heavy atom. The van der Waals surface area contributed by atoms with Crippen molar-refractivity contribution >= 4 is 20.3 Å². The van der Waals surface area contributed by atoms with Gasteiger partial charge in [-0.1, -0.05) is 184 Å². The van der Waals surface area contributed by atoms with Gasteiger partial charge in [0.15, 0.2) is 6.23 Å². The van der Waals surface area contributed by atoms with Gasteiger partial charge in [-0.3, -0.25) is 9.36 Å². The molecule has 3 aromatic carbocycles. The molecule has 430 valence electrons. The van der Waals surface area contributed by atoms with E-state index < -0.39 is 44.4 Å². The van der Waals surface area contributed by atoms with Gasteiger partial charge in [-0.25, -0.2) is 9.46 Å². The van der Waals surface area contributed by atoms with Crippen molar-refractivity contribution in [3.63, 3.8) is 0 Å². The van der Waals surface area contributed by atoms with E-state index in [2.05, 4.69) is 55.7 Å². The predicted molar refractivity (Wildman–Crippen MR) is 313 cm³/mol. The highest BCUT2D eigenvalue weighted by Gasteiger charge is 2.51. The molecule has 1 aromatic heterocycles. The summed E-state index contributed by atoms with van der Waals surface area (Å²) in [7, 11) is 1.45. The fourth-order valence-corrected chi connectivity index (χ4v) is 12.3. The number of methoxy groups -OCH3 is 2. The van der Waals surface area contributed by atoms with Crippen molar-refractivity contribution in [2.24, 2.45) is 0 Å². The zero-order chi connectivity index (χ0) is 56.0. The standard InChI is InChI=1S/C63H94N5O9P/c1-9-10-11-12-13-14-15-16-17-18-19-20-21-22-23-24-25-26-27-31-46-73-60-59(77-78(75-47-32-44-64)68(49(2)3)50(4)5)57(76-61(60)67-45-43-58(65-51(6)69)66-62(67)70)48-74-63(52-33-29-28-30-34-52,53-35-39-55(71-7)40-36-53)54-37-41-56(72-8)42-38-54/h28-30,33-43,45,49-50,57,59-61H,9-27,31-32,46-48H2,1-8H3,(H,65,66,69,70)/t57-,59-,60-,61-,78?/m1/s1. The van der Waals surface area contributed by atoms with E-state index in [1.165, 1.54) is 121 Å². The monoisotopic (exact) mass is 1100 g/mol. The minimum absolute atomic E-state index is 0.00349. The van der Waals surface area contributed by atoms with Gasteiger partial charge in [0.2, 0.25) is 5.91 Å². The van der Waals surface area contributed by atoms with Gasteiger partial charge >= 0.3 is 5.69 Å². The fraction of sp³-hybridized carbons (Fsp3) is 0.619. The summed E-state index contributed by atoms with van der Waals surface area (Å²) in [6, 6.07) is 29.5. The molecule has 0 radical (unpaired) electrons. The molecule has 1 fully saturated rings. The first-order valence-electron chi connectivity index (χ1n) is 29.3. The van der Waals surface area contributed by atoms with Crippen LogP contribution in [-0.4, -0.2) is 84.6 Å². The number of nitrogens with zero attached hydrogens (tertiary/aromatic N) is 4. The topological polar surface area (TPSA) is 156 Å². The molecule has 1 saturated heterocycles. The number of unbranched alkanes of at least 4 members (excludes halogenated alkanes) is 19. The van der Waals surface area contributed by atoms with E-state index in [9.17, 15) is 14.9 Å². The Kier molecular flexibility index (Phi) is 29.4. The van der Waals surface area contributed by atoms with Crippen LogP contribution in [0.15, 0.2) is 95.9 Å². The molecule has 5 rings (SSSR count). The molecule has 14 nitrogen and oxygen atoms in total. The molecule has 15 heteroatoms. The lowest BCUT2D eigenvalue weighted by Gasteiger charge is -2.39. The van der Waals surface area contributed by atoms with E-state index >= 15 is 0 Å². The average molecular weight is 1100 g/mol. The Balaban J connectivity index is 1.38. The van der Waals surface area contributed by atoms with Gasteiger partial charge < -0.3 is 38.0 Å². The van der Waals surface area contributed by atoms with Crippen LogP contribution in [0, 0.1) is 11.3 Å². The molecule has 0 aliphatic carbocycles. The van der Waals surface area contributed by atoms with Crippen molar-refractivity contribution < 1.29 is 37.5 Å². The number of ether oxygens (including phenoxy) is 5. The zero-order valence-corrected chi connectivity index (χ0v) is 49.4. The zero-order valence-electron chi connectivity index (χ0n) is 48.5. The molecule has 2 heterocycles. The predicted octanol–water partition coefficient (Wildman–Crippen LogP) is 15.0. The summed E-state index contributed by atoms with van der Waals surface area (Å²) in [4.78, 5) is 30.4. The molecule has 0 spiro atoms. The van der Waals surface area contributed by atoms with Crippen molar-refractivity contribution in [3.05, 3.63) is 118 Å². The van der Waals surface area contributed by atoms with Gasteiger partial charge in [-0.15, -0.1) is 0 Å². The number of hydrogen-bond donors (Lipinski definition) is 1. The molecule has 1 N–H and O–H groups in total. The molecule has 1 aliphatic heterocycles. The van der Waals surface area contributed by atoms with Crippen LogP contribution in [-0.2, 0) is 33.7 Å². The third kappa shape index (κ3) is 20.1. The van der Waals surface area contributed by atoms with Crippen molar-refractivity contribution in [3.8, 4) is 17.6 Å².